The maximum absolute atomic E-state index is 2.44. The fourth-order valence-corrected chi connectivity index (χ4v) is 7.30. The van der Waals surface area contributed by atoms with Gasteiger partial charge in [0.1, 0.15) is 0 Å². The van der Waals surface area contributed by atoms with Crippen molar-refractivity contribution < 1.29 is 0 Å². The molecule has 5 aromatic carbocycles. The van der Waals surface area contributed by atoms with E-state index in [1.54, 1.807) is 0 Å². The lowest BCUT2D eigenvalue weighted by Crippen LogP contribution is -2.14. The molecule has 0 amide bonds. The summed E-state index contributed by atoms with van der Waals surface area (Å²) in [5.74, 6) is 0. The molecule has 0 aromatic heterocycles. The maximum atomic E-state index is 2.44. The molecule has 2 aliphatic rings. The van der Waals surface area contributed by atoms with Gasteiger partial charge in [0.15, 0.2) is 0 Å². The maximum Gasteiger partial charge on any atom is 0.0158 e. The summed E-state index contributed by atoms with van der Waals surface area (Å²) in [5, 5.41) is 0. The summed E-state index contributed by atoms with van der Waals surface area (Å²) in [6, 6.07) is 41.5. The summed E-state index contributed by atoms with van der Waals surface area (Å²) < 4.78 is 0. The van der Waals surface area contributed by atoms with E-state index in [-0.39, 0.29) is 10.8 Å². The van der Waals surface area contributed by atoms with E-state index in [0.29, 0.717) is 0 Å². The van der Waals surface area contributed by atoms with Gasteiger partial charge in [-0.1, -0.05) is 137 Å². The van der Waals surface area contributed by atoms with Crippen LogP contribution in [0, 0.1) is 0 Å². The van der Waals surface area contributed by atoms with Gasteiger partial charge >= 0.3 is 0 Å². The summed E-state index contributed by atoms with van der Waals surface area (Å²) in [5.41, 5.74) is 17.3. The molecule has 0 nitrogen and oxygen atoms in total. The quantitative estimate of drug-likeness (QED) is 0.210. The van der Waals surface area contributed by atoms with Crippen molar-refractivity contribution in [1.82, 2.24) is 0 Å². The van der Waals surface area contributed by atoms with E-state index in [0.717, 1.165) is 25.7 Å². The first-order chi connectivity index (χ1) is 19.3. The van der Waals surface area contributed by atoms with E-state index >= 15 is 0 Å². The number of rotatable bonds is 6. The van der Waals surface area contributed by atoms with Crippen LogP contribution in [0.15, 0.2) is 109 Å². The molecule has 40 heavy (non-hydrogen) atoms. The van der Waals surface area contributed by atoms with Crippen LogP contribution in [0.4, 0.5) is 0 Å². The van der Waals surface area contributed by atoms with Crippen LogP contribution in [-0.4, -0.2) is 0 Å². The van der Waals surface area contributed by atoms with Gasteiger partial charge in [0.05, 0.1) is 0 Å². The van der Waals surface area contributed by atoms with Crippen molar-refractivity contribution in [3.63, 3.8) is 0 Å². The predicted molar refractivity (Wildman–Crippen MR) is 169 cm³/mol. The molecule has 0 N–H and O–H groups in total. The zero-order valence-electron chi connectivity index (χ0n) is 24.2. The van der Waals surface area contributed by atoms with Crippen molar-refractivity contribution in [2.75, 3.05) is 0 Å². The third-order valence-electron chi connectivity index (χ3n) is 9.72. The Kier molecular flexibility index (Phi) is 5.86. The first-order valence-electron chi connectivity index (χ1n) is 14.9. The Bertz CT molecular complexity index is 1600. The molecular weight excluding hydrogens is 480 g/mol. The van der Waals surface area contributed by atoms with Crippen molar-refractivity contribution in [1.29, 1.82) is 0 Å². The molecule has 0 aliphatic heterocycles. The molecule has 0 heteroatoms. The Balaban J connectivity index is 1.01. The van der Waals surface area contributed by atoms with Gasteiger partial charge in [0.2, 0.25) is 0 Å². The average Bonchev–Trinajstić information content (AvgIpc) is 3.35. The Morgan fingerprint density at radius 1 is 0.350 bits per heavy atom. The molecule has 7 rings (SSSR count). The molecule has 0 saturated heterocycles. The SMILES string of the molecule is CC1(C)c2ccccc2-c2cc(CCc3ccc(CCc4ccc5c(c4)-c4ccccc4C5(C)C)cc3)ccc21. The van der Waals surface area contributed by atoms with Gasteiger partial charge in [-0.05, 0) is 92.4 Å². The van der Waals surface area contributed by atoms with Crippen LogP contribution >= 0.6 is 0 Å². The number of fused-ring (bicyclic) bond motifs is 6. The standard InChI is InChI=1S/C40H38/c1-39(2)35-11-7-5-9-31(35)33-25-29(21-23-37(33)39)19-17-27-13-15-28(16-14-27)18-20-30-22-24-38-34(26-30)32-10-6-8-12-36(32)40(38,3)4/h5-16,21-26H,17-20H2,1-4H3. The zero-order valence-corrected chi connectivity index (χ0v) is 24.2. The van der Waals surface area contributed by atoms with E-state index in [1.165, 1.54) is 66.8 Å². The minimum absolute atomic E-state index is 0.0845. The summed E-state index contributed by atoms with van der Waals surface area (Å²) in [6.45, 7) is 9.40. The van der Waals surface area contributed by atoms with Crippen molar-refractivity contribution in [2.45, 2.75) is 64.2 Å². The Labute approximate surface area is 239 Å². The molecule has 198 valence electrons. The number of hydrogen-bond acceptors (Lipinski definition) is 0. The van der Waals surface area contributed by atoms with Crippen LogP contribution in [-0.2, 0) is 36.5 Å². The van der Waals surface area contributed by atoms with Gasteiger partial charge in [-0.15, -0.1) is 0 Å². The summed E-state index contributed by atoms with van der Waals surface area (Å²) >= 11 is 0. The molecule has 2 aliphatic carbocycles. The number of aryl methyl sites for hydroxylation is 4. The first-order valence-corrected chi connectivity index (χ1v) is 14.9. The second kappa shape index (κ2) is 9.34. The molecule has 0 fully saturated rings. The van der Waals surface area contributed by atoms with Crippen LogP contribution in [0.3, 0.4) is 0 Å². The second-order valence-electron chi connectivity index (χ2n) is 12.9. The van der Waals surface area contributed by atoms with Crippen LogP contribution in [0.5, 0.6) is 0 Å². The predicted octanol–water partition coefficient (Wildman–Crippen LogP) is 9.87. The molecule has 5 aromatic rings. The van der Waals surface area contributed by atoms with Crippen molar-refractivity contribution >= 4 is 0 Å². The van der Waals surface area contributed by atoms with Gasteiger partial charge in [-0.25, -0.2) is 0 Å². The third kappa shape index (κ3) is 4.05. The molecule has 0 atom stereocenters. The van der Waals surface area contributed by atoms with Crippen LogP contribution in [0.2, 0.25) is 0 Å². The summed E-state index contributed by atoms with van der Waals surface area (Å²) in [6.07, 6.45) is 4.29. The fraction of sp³-hybridized carbons (Fsp3) is 0.250. The molecule has 0 spiro atoms. The number of benzene rings is 5. The Morgan fingerprint density at radius 2 is 0.675 bits per heavy atom. The lowest BCUT2D eigenvalue weighted by Gasteiger charge is -2.21. The summed E-state index contributed by atoms with van der Waals surface area (Å²) in [4.78, 5) is 0. The highest BCUT2D eigenvalue weighted by atomic mass is 14.4. The average molecular weight is 519 g/mol. The van der Waals surface area contributed by atoms with Crippen LogP contribution < -0.4 is 0 Å². The second-order valence-corrected chi connectivity index (χ2v) is 12.9. The van der Waals surface area contributed by atoms with E-state index in [2.05, 4.69) is 137 Å². The molecule has 0 bridgehead atoms. The molecule has 0 unspecified atom stereocenters. The number of hydrogen-bond donors (Lipinski definition) is 0. The normalized spacial score (nSPS) is 15.3. The van der Waals surface area contributed by atoms with E-state index in [4.69, 9.17) is 0 Å². The van der Waals surface area contributed by atoms with E-state index < -0.39 is 0 Å². The molecular formula is C40H38. The minimum Gasteiger partial charge on any atom is -0.0619 e. The zero-order chi connectivity index (χ0) is 27.5. The summed E-state index contributed by atoms with van der Waals surface area (Å²) in [7, 11) is 0. The first kappa shape index (κ1) is 25.1. The Morgan fingerprint density at radius 3 is 1.10 bits per heavy atom. The van der Waals surface area contributed by atoms with Gasteiger partial charge in [-0.3, -0.25) is 0 Å². The highest BCUT2D eigenvalue weighted by molar-refractivity contribution is 5.82. The van der Waals surface area contributed by atoms with Gasteiger partial charge in [0, 0.05) is 10.8 Å². The smallest absolute Gasteiger partial charge is 0.0158 e. The van der Waals surface area contributed by atoms with E-state index in [1.807, 2.05) is 0 Å². The lowest BCUT2D eigenvalue weighted by molar-refractivity contribution is 0.660. The Hall–Kier alpha value is -3.90. The monoisotopic (exact) mass is 518 g/mol. The third-order valence-corrected chi connectivity index (χ3v) is 9.72. The van der Waals surface area contributed by atoms with Crippen molar-refractivity contribution in [3.8, 4) is 22.3 Å². The highest BCUT2D eigenvalue weighted by Gasteiger charge is 2.36. The van der Waals surface area contributed by atoms with Crippen LogP contribution in [0.25, 0.3) is 22.3 Å². The lowest BCUT2D eigenvalue weighted by atomic mass is 9.82. The van der Waals surface area contributed by atoms with Gasteiger partial charge < -0.3 is 0 Å². The minimum atomic E-state index is 0.0845. The van der Waals surface area contributed by atoms with Gasteiger partial charge in [-0.2, -0.15) is 0 Å². The molecule has 0 saturated carbocycles. The van der Waals surface area contributed by atoms with Gasteiger partial charge in [0.25, 0.3) is 0 Å². The van der Waals surface area contributed by atoms with Crippen molar-refractivity contribution in [2.24, 2.45) is 0 Å². The molecule has 0 radical (unpaired) electrons. The largest absolute Gasteiger partial charge is 0.0619 e. The van der Waals surface area contributed by atoms with Crippen LogP contribution in [0.1, 0.15) is 72.2 Å². The fourth-order valence-electron chi connectivity index (χ4n) is 7.30. The van der Waals surface area contributed by atoms with E-state index in [9.17, 15) is 0 Å². The topological polar surface area (TPSA) is 0 Å². The highest BCUT2D eigenvalue weighted by Crippen LogP contribution is 2.49. The molecule has 0 heterocycles. The van der Waals surface area contributed by atoms with Crippen molar-refractivity contribution in [3.05, 3.63) is 154 Å².